The number of nitrogens with one attached hydrogen (secondary N) is 2. The molecule has 5 nitrogen and oxygen atoms in total. The molecule has 1 aliphatic carbocycles. The van der Waals surface area contributed by atoms with Crippen molar-refractivity contribution in [2.45, 2.75) is 74.3 Å². The van der Waals surface area contributed by atoms with Crippen molar-refractivity contribution in [3.8, 4) is 0 Å². The van der Waals surface area contributed by atoms with E-state index < -0.39 is 9.84 Å². The zero-order chi connectivity index (χ0) is 17.2. The van der Waals surface area contributed by atoms with Crippen LogP contribution >= 0.6 is 11.8 Å². The quantitative estimate of drug-likeness (QED) is 0.762. The molecule has 2 aliphatic heterocycles. The molecule has 24 heavy (non-hydrogen) atoms. The summed E-state index contributed by atoms with van der Waals surface area (Å²) in [6.07, 6.45) is 7.65. The summed E-state index contributed by atoms with van der Waals surface area (Å²) < 4.78 is 29.6. The predicted octanol–water partition coefficient (Wildman–Crippen LogP) is 1.78. The van der Waals surface area contributed by atoms with E-state index in [0.29, 0.717) is 23.3 Å². The second-order valence-corrected chi connectivity index (χ2v) is 11.4. The highest BCUT2D eigenvalue weighted by atomic mass is 32.2. The Morgan fingerprint density at radius 1 is 1.17 bits per heavy atom. The smallest absolute Gasteiger partial charge is 0.150 e. The number of piperazine rings is 1. The van der Waals surface area contributed by atoms with Crippen molar-refractivity contribution < 1.29 is 13.2 Å². The van der Waals surface area contributed by atoms with Crippen molar-refractivity contribution in [3.05, 3.63) is 0 Å². The first-order valence-electron chi connectivity index (χ1n) is 9.35. The van der Waals surface area contributed by atoms with Gasteiger partial charge >= 0.3 is 0 Å². The molecule has 0 aromatic rings. The van der Waals surface area contributed by atoms with E-state index in [2.05, 4.69) is 17.6 Å². The largest absolute Gasteiger partial charge is 0.361 e. The Hall–Kier alpha value is 0.180. The summed E-state index contributed by atoms with van der Waals surface area (Å²) in [5, 5.41) is 7.82. The van der Waals surface area contributed by atoms with E-state index in [0.717, 1.165) is 38.8 Å². The van der Waals surface area contributed by atoms with Crippen molar-refractivity contribution >= 4 is 21.6 Å². The molecule has 140 valence electrons. The Balaban J connectivity index is 1.49. The highest BCUT2D eigenvalue weighted by Crippen LogP contribution is 2.32. The van der Waals surface area contributed by atoms with Crippen LogP contribution in [0.4, 0.5) is 0 Å². The number of ether oxygens (including phenoxy) is 1. The fourth-order valence-corrected chi connectivity index (χ4v) is 6.67. The lowest BCUT2D eigenvalue weighted by atomic mass is 9.80. The number of sulfone groups is 1. The topological polar surface area (TPSA) is 67.4 Å². The minimum Gasteiger partial charge on any atom is -0.361 e. The standard InChI is InChI=1S/C17H32N2O3S2/c1-12-17(13-5-7-15(8-6-13)24(2,20)21)19-16(10-18-12)22-11-14-4-3-9-23-14/h12-19H,3-11H2,1-2H3. The summed E-state index contributed by atoms with van der Waals surface area (Å²) >= 11 is 2.03. The lowest BCUT2D eigenvalue weighted by Crippen LogP contribution is -2.63. The molecular formula is C17H32N2O3S2. The summed E-state index contributed by atoms with van der Waals surface area (Å²) in [4.78, 5) is 0. The lowest BCUT2D eigenvalue weighted by Gasteiger charge is -2.43. The molecular weight excluding hydrogens is 344 g/mol. The molecule has 4 unspecified atom stereocenters. The van der Waals surface area contributed by atoms with Crippen LogP contribution in [0.5, 0.6) is 0 Å². The van der Waals surface area contributed by atoms with E-state index in [-0.39, 0.29) is 11.5 Å². The van der Waals surface area contributed by atoms with E-state index >= 15 is 0 Å². The molecule has 0 amide bonds. The van der Waals surface area contributed by atoms with Gasteiger partial charge in [-0.15, -0.1) is 0 Å². The first kappa shape index (κ1) is 19.0. The van der Waals surface area contributed by atoms with Crippen LogP contribution in [0.2, 0.25) is 0 Å². The molecule has 1 saturated carbocycles. The van der Waals surface area contributed by atoms with Crippen LogP contribution in [-0.2, 0) is 14.6 Å². The minimum atomic E-state index is -2.89. The molecule has 0 bridgehead atoms. The fourth-order valence-electron chi connectivity index (χ4n) is 4.36. The third-order valence-corrected chi connectivity index (χ3v) is 8.93. The number of hydrogen-bond donors (Lipinski definition) is 2. The van der Waals surface area contributed by atoms with E-state index in [9.17, 15) is 8.42 Å². The summed E-state index contributed by atoms with van der Waals surface area (Å²) in [5.74, 6) is 1.81. The van der Waals surface area contributed by atoms with Gasteiger partial charge in [0.25, 0.3) is 0 Å². The molecule has 2 saturated heterocycles. The second kappa shape index (κ2) is 8.25. The molecule has 2 N–H and O–H groups in total. The lowest BCUT2D eigenvalue weighted by molar-refractivity contribution is -0.0104. The summed E-state index contributed by atoms with van der Waals surface area (Å²) in [7, 11) is -2.89. The Bertz CT molecular complexity index is 500. The number of thioether (sulfide) groups is 1. The zero-order valence-electron chi connectivity index (χ0n) is 14.9. The Labute approximate surface area is 151 Å². The Morgan fingerprint density at radius 3 is 2.54 bits per heavy atom. The third-order valence-electron chi connectivity index (χ3n) is 5.88. The van der Waals surface area contributed by atoms with Gasteiger partial charge in [0, 0.05) is 30.1 Å². The van der Waals surface area contributed by atoms with E-state index in [1.54, 1.807) is 0 Å². The maximum atomic E-state index is 11.7. The van der Waals surface area contributed by atoms with Crippen molar-refractivity contribution in [1.82, 2.24) is 10.6 Å². The normalized spacial score (nSPS) is 41.4. The average molecular weight is 377 g/mol. The van der Waals surface area contributed by atoms with Crippen LogP contribution < -0.4 is 10.6 Å². The molecule has 3 fully saturated rings. The molecule has 3 rings (SSSR count). The van der Waals surface area contributed by atoms with Crippen LogP contribution in [0.3, 0.4) is 0 Å². The van der Waals surface area contributed by atoms with Crippen molar-refractivity contribution in [2.24, 2.45) is 5.92 Å². The highest BCUT2D eigenvalue weighted by Gasteiger charge is 2.37. The van der Waals surface area contributed by atoms with Gasteiger partial charge in [-0.25, -0.2) is 8.42 Å². The molecule has 0 aromatic heterocycles. The summed E-state index contributed by atoms with van der Waals surface area (Å²) in [6, 6.07) is 0.783. The van der Waals surface area contributed by atoms with Gasteiger partial charge in [0.05, 0.1) is 11.9 Å². The minimum absolute atomic E-state index is 0.0834. The zero-order valence-corrected chi connectivity index (χ0v) is 16.5. The van der Waals surface area contributed by atoms with Crippen LogP contribution in [-0.4, -0.2) is 62.4 Å². The molecule has 0 spiro atoms. The first-order valence-corrected chi connectivity index (χ1v) is 12.4. The highest BCUT2D eigenvalue weighted by molar-refractivity contribution is 8.00. The van der Waals surface area contributed by atoms with Gasteiger partial charge < -0.3 is 10.1 Å². The molecule has 0 aromatic carbocycles. The van der Waals surface area contributed by atoms with E-state index in [4.69, 9.17) is 4.74 Å². The molecule has 3 aliphatic rings. The van der Waals surface area contributed by atoms with Gasteiger partial charge in [-0.1, -0.05) is 0 Å². The Kier molecular flexibility index (Phi) is 6.52. The maximum Gasteiger partial charge on any atom is 0.150 e. The van der Waals surface area contributed by atoms with E-state index in [1.807, 2.05) is 11.8 Å². The maximum absolute atomic E-state index is 11.7. The summed E-state index contributed by atoms with van der Waals surface area (Å²) in [5.41, 5.74) is 0. The average Bonchev–Trinajstić information content (AvgIpc) is 3.07. The molecule has 7 heteroatoms. The van der Waals surface area contributed by atoms with Crippen LogP contribution in [0.1, 0.15) is 45.4 Å². The van der Waals surface area contributed by atoms with Gasteiger partial charge in [0.2, 0.25) is 0 Å². The van der Waals surface area contributed by atoms with Gasteiger partial charge in [0.1, 0.15) is 16.1 Å². The van der Waals surface area contributed by atoms with Crippen molar-refractivity contribution in [2.75, 3.05) is 25.2 Å². The fraction of sp³-hybridized carbons (Fsp3) is 1.00. The number of rotatable bonds is 5. The third kappa shape index (κ3) is 4.87. The first-order chi connectivity index (χ1) is 11.4. The Morgan fingerprint density at radius 2 is 1.92 bits per heavy atom. The van der Waals surface area contributed by atoms with Gasteiger partial charge in [-0.2, -0.15) is 11.8 Å². The van der Waals surface area contributed by atoms with E-state index in [1.165, 1.54) is 24.9 Å². The molecule has 2 heterocycles. The van der Waals surface area contributed by atoms with Crippen LogP contribution in [0, 0.1) is 5.92 Å². The van der Waals surface area contributed by atoms with Crippen molar-refractivity contribution in [1.29, 1.82) is 0 Å². The number of hydrogen-bond acceptors (Lipinski definition) is 6. The monoisotopic (exact) mass is 376 g/mol. The summed E-state index contributed by atoms with van der Waals surface area (Å²) in [6.45, 7) is 3.92. The van der Waals surface area contributed by atoms with Crippen molar-refractivity contribution in [3.63, 3.8) is 0 Å². The predicted molar refractivity (Wildman–Crippen MR) is 100 cm³/mol. The SMILES string of the molecule is CC1NCC(OCC2CCCS2)NC1C1CCC(S(C)(=O)=O)CC1. The van der Waals surface area contributed by atoms with Gasteiger partial charge in [0.15, 0.2) is 0 Å². The van der Waals surface area contributed by atoms with Gasteiger partial charge in [-0.3, -0.25) is 5.32 Å². The van der Waals surface area contributed by atoms with Crippen LogP contribution in [0.15, 0.2) is 0 Å². The molecule has 0 radical (unpaired) electrons. The van der Waals surface area contributed by atoms with Gasteiger partial charge in [-0.05, 0) is 57.1 Å². The van der Waals surface area contributed by atoms with Crippen LogP contribution in [0.25, 0.3) is 0 Å². The second-order valence-electron chi connectivity index (χ2n) is 7.71. The molecule has 4 atom stereocenters.